The predicted octanol–water partition coefficient (Wildman–Crippen LogP) is 1.53. The molecule has 1 amide bonds. The highest BCUT2D eigenvalue weighted by Gasteiger charge is 2.53. The summed E-state index contributed by atoms with van der Waals surface area (Å²) in [5.41, 5.74) is -0.793. The highest BCUT2D eigenvalue weighted by atomic mass is 35.5. The van der Waals surface area contributed by atoms with Gasteiger partial charge in [0.15, 0.2) is 5.60 Å². The van der Waals surface area contributed by atoms with Crippen LogP contribution in [0.5, 0.6) is 0 Å². The number of rotatable bonds is 5. The number of nitrogens with one attached hydrogen (secondary N) is 2. The maximum absolute atomic E-state index is 12.6. The Kier molecular flexibility index (Phi) is 5.15. The zero-order chi connectivity index (χ0) is 15.0. The molecule has 1 aliphatic heterocycles. The number of hydrogen-bond donors (Lipinski definition) is 3. The lowest BCUT2D eigenvalue weighted by atomic mass is 9.82. The van der Waals surface area contributed by atoms with E-state index in [2.05, 4.69) is 10.6 Å². The predicted molar refractivity (Wildman–Crippen MR) is 88.8 cm³/mol. The maximum atomic E-state index is 12.6. The first-order valence-electron chi connectivity index (χ1n) is 7.82. The Morgan fingerprint density at radius 2 is 1.91 bits per heavy atom. The molecular formula is C17H25ClN2O2. The maximum Gasteiger partial charge on any atom is 0.256 e. The fourth-order valence-electron chi connectivity index (χ4n) is 3.61. The first-order valence-corrected chi connectivity index (χ1v) is 7.82. The molecule has 1 saturated heterocycles. The van der Waals surface area contributed by atoms with Crippen molar-refractivity contribution < 1.29 is 9.90 Å². The molecule has 0 radical (unpaired) electrons. The van der Waals surface area contributed by atoms with Crippen molar-refractivity contribution in [3.8, 4) is 0 Å². The monoisotopic (exact) mass is 324 g/mol. The van der Waals surface area contributed by atoms with Gasteiger partial charge in [-0.3, -0.25) is 4.79 Å². The molecule has 0 bridgehead atoms. The van der Waals surface area contributed by atoms with E-state index < -0.39 is 5.60 Å². The molecule has 4 atom stereocenters. The van der Waals surface area contributed by atoms with E-state index >= 15 is 0 Å². The number of piperidine rings is 1. The molecule has 1 saturated carbocycles. The van der Waals surface area contributed by atoms with Gasteiger partial charge < -0.3 is 15.7 Å². The third-order valence-electron chi connectivity index (χ3n) is 5.16. The third-order valence-corrected chi connectivity index (χ3v) is 5.16. The summed E-state index contributed by atoms with van der Waals surface area (Å²) in [6.45, 7) is 6.57. The Bertz CT molecular complexity index is 513. The lowest BCUT2D eigenvalue weighted by molar-refractivity contribution is -0.146. The van der Waals surface area contributed by atoms with Gasteiger partial charge in [-0.2, -0.15) is 0 Å². The summed E-state index contributed by atoms with van der Waals surface area (Å²) in [6, 6.07) is 9.23. The summed E-state index contributed by atoms with van der Waals surface area (Å²) in [7, 11) is 0. The van der Waals surface area contributed by atoms with Crippen molar-refractivity contribution in [1.82, 2.24) is 10.6 Å². The van der Waals surface area contributed by atoms with E-state index in [1.807, 2.05) is 44.2 Å². The minimum atomic E-state index is -1.45. The van der Waals surface area contributed by atoms with E-state index in [0.29, 0.717) is 29.9 Å². The van der Waals surface area contributed by atoms with Crippen LogP contribution in [0.3, 0.4) is 0 Å². The van der Waals surface area contributed by atoms with E-state index in [9.17, 15) is 9.90 Å². The Morgan fingerprint density at radius 3 is 2.45 bits per heavy atom. The Hall–Kier alpha value is -1.10. The Morgan fingerprint density at radius 1 is 1.32 bits per heavy atom. The number of carbonyl (C=O) groups excluding carboxylic acids is 1. The van der Waals surface area contributed by atoms with Crippen molar-refractivity contribution in [3.63, 3.8) is 0 Å². The van der Waals surface area contributed by atoms with Crippen LogP contribution < -0.4 is 10.6 Å². The van der Waals surface area contributed by atoms with Crippen molar-refractivity contribution in [2.45, 2.75) is 19.4 Å². The van der Waals surface area contributed by atoms with Crippen molar-refractivity contribution in [2.75, 3.05) is 19.6 Å². The molecule has 1 aliphatic carbocycles. The van der Waals surface area contributed by atoms with Crippen LogP contribution in [-0.4, -0.2) is 30.6 Å². The van der Waals surface area contributed by atoms with Gasteiger partial charge in [0.2, 0.25) is 0 Å². The summed E-state index contributed by atoms with van der Waals surface area (Å²) in [5.74, 6) is 1.56. The first kappa shape index (κ1) is 17.3. The van der Waals surface area contributed by atoms with Gasteiger partial charge in [0.1, 0.15) is 0 Å². The lowest BCUT2D eigenvalue weighted by Crippen LogP contribution is -2.48. The van der Waals surface area contributed by atoms with Crippen LogP contribution in [0.4, 0.5) is 0 Å². The van der Waals surface area contributed by atoms with Gasteiger partial charge >= 0.3 is 0 Å². The molecule has 4 nitrogen and oxygen atoms in total. The quantitative estimate of drug-likeness (QED) is 0.770. The lowest BCUT2D eigenvalue weighted by Gasteiger charge is -2.31. The zero-order valence-corrected chi connectivity index (χ0v) is 13.9. The molecule has 0 aromatic heterocycles. The van der Waals surface area contributed by atoms with Crippen LogP contribution in [-0.2, 0) is 10.4 Å². The summed E-state index contributed by atoms with van der Waals surface area (Å²) < 4.78 is 0. The second-order valence-corrected chi connectivity index (χ2v) is 6.65. The van der Waals surface area contributed by atoms with E-state index in [0.717, 1.165) is 13.1 Å². The minimum Gasteiger partial charge on any atom is -0.375 e. The van der Waals surface area contributed by atoms with Gasteiger partial charge in [-0.1, -0.05) is 44.2 Å². The van der Waals surface area contributed by atoms with E-state index in [-0.39, 0.29) is 24.2 Å². The number of aliphatic hydroxyl groups is 1. The van der Waals surface area contributed by atoms with Gasteiger partial charge in [-0.15, -0.1) is 12.4 Å². The Balaban J connectivity index is 0.00000176. The average molecular weight is 325 g/mol. The molecule has 5 heteroatoms. The Labute approximate surface area is 138 Å². The third kappa shape index (κ3) is 2.87. The fraction of sp³-hybridized carbons (Fsp3) is 0.588. The molecule has 122 valence electrons. The molecule has 2 aliphatic rings. The molecular weight excluding hydrogens is 300 g/mol. The SMILES string of the molecule is CC(C)[C@@](O)(C(=O)NCC1C2CNC[C@H]21)c1ccccc1.Cl. The molecule has 0 spiro atoms. The molecule has 3 N–H and O–H groups in total. The number of fused-ring (bicyclic) bond motifs is 1. The number of amides is 1. The first-order chi connectivity index (χ1) is 10.0. The molecule has 1 aromatic carbocycles. The summed E-state index contributed by atoms with van der Waals surface area (Å²) in [6.07, 6.45) is 0. The van der Waals surface area contributed by atoms with Crippen LogP contribution in [0.2, 0.25) is 0 Å². The van der Waals surface area contributed by atoms with E-state index in [1.54, 1.807) is 0 Å². The van der Waals surface area contributed by atoms with Crippen LogP contribution in [0.25, 0.3) is 0 Å². The van der Waals surface area contributed by atoms with Crippen LogP contribution in [0.1, 0.15) is 19.4 Å². The van der Waals surface area contributed by atoms with E-state index in [1.165, 1.54) is 0 Å². The zero-order valence-electron chi connectivity index (χ0n) is 13.1. The second-order valence-electron chi connectivity index (χ2n) is 6.65. The topological polar surface area (TPSA) is 61.4 Å². The number of benzene rings is 1. The molecule has 2 fully saturated rings. The second kappa shape index (κ2) is 6.57. The highest BCUT2D eigenvalue weighted by molar-refractivity contribution is 5.86. The van der Waals surface area contributed by atoms with Gasteiger partial charge in [-0.05, 0) is 42.3 Å². The van der Waals surface area contributed by atoms with Crippen LogP contribution >= 0.6 is 12.4 Å². The van der Waals surface area contributed by atoms with Gasteiger partial charge in [-0.25, -0.2) is 0 Å². The van der Waals surface area contributed by atoms with Gasteiger partial charge in [0, 0.05) is 6.54 Å². The summed E-state index contributed by atoms with van der Waals surface area (Å²) in [4.78, 5) is 12.6. The highest BCUT2D eigenvalue weighted by Crippen LogP contribution is 2.48. The van der Waals surface area contributed by atoms with Crippen molar-refractivity contribution in [2.24, 2.45) is 23.7 Å². The standard InChI is InChI=1S/C17H24N2O2.ClH/c1-11(2)17(21,12-6-4-3-5-7-12)16(20)19-10-15-13-8-18-9-14(13)15;/h3-7,11,13-15,18,21H,8-10H2,1-2H3,(H,19,20);1H/t13-,14?,15?,17+;/m1./s1. The average Bonchev–Trinajstić information content (AvgIpc) is 2.93. The minimum absolute atomic E-state index is 0. The number of hydrogen-bond acceptors (Lipinski definition) is 3. The number of carbonyl (C=O) groups is 1. The van der Waals surface area contributed by atoms with Crippen LogP contribution in [0, 0.1) is 23.7 Å². The normalized spacial score (nSPS) is 28.5. The van der Waals surface area contributed by atoms with Crippen molar-refractivity contribution in [1.29, 1.82) is 0 Å². The molecule has 22 heavy (non-hydrogen) atoms. The van der Waals surface area contributed by atoms with Gasteiger partial charge in [0.05, 0.1) is 0 Å². The molecule has 1 aromatic rings. The van der Waals surface area contributed by atoms with Gasteiger partial charge in [0.25, 0.3) is 5.91 Å². The summed E-state index contributed by atoms with van der Waals surface area (Å²) in [5, 5.41) is 17.3. The van der Waals surface area contributed by atoms with Crippen molar-refractivity contribution in [3.05, 3.63) is 35.9 Å². The van der Waals surface area contributed by atoms with Crippen molar-refractivity contribution >= 4 is 18.3 Å². The largest absolute Gasteiger partial charge is 0.375 e. The fourth-order valence-corrected chi connectivity index (χ4v) is 3.61. The van der Waals surface area contributed by atoms with E-state index in [4.69, 9.17) is 0 Å². The summed E-state index contributed by atoms with van der Waals surface area (Å²) >= 11 is 0. The molecule has 1 heterocycles. The molecule has 3 rings (SSSR count). The smallest absolute Gasteiger partial charge is 0.256 e. The molecule has 2 unspecified atom stereocenters. The van der Waals surface area contributed by atoms with Crippen LogP contribution in [0.15, 0.2) is 30.3 Å². The number of halogens is 1.